The minimum Gasteiger partial charge on any atom is -0.478 e. The number of hydrogen-bond donors (Lipinski definition) is 2. The fourth-order valence-corrected chi connectivity index (χ4v) is 3.20. The molecule has 0 saturated heterocycles. The van der Waals surface area contributed by atoms with Crippen LogP contribution in [0, 0.1) is 13.8 Å². The molecule has 6 nitrogen and oxygen atoms in total. The molecule has 30 heavy (non-hydrogen) atoms. The summed E-state index contributed by atoms with van der Waals surface area (Å²) >= 11 is 6.06. The first-order valence-electron chi connectivity index (χ1n) is 9.29. The topological polar surface area (TPSA) is 88.5 Å². The van der Waals surface area contributed by atoms with E-state index in [9.17, 15) is 9.59 Å². The van der Waals surface area contributed by atoms with Gasteiger partial charge < -0.3 is 15.2 Å². The molecule has 1 aromatic heterocycles. The van der Waals surface area contributed by atoms with Gasteiger partial charge in [0.05, 0.1) is 16.6 Å². The third kappa shape index (κ3) is 5.15. The van der Waals surface area contributed by atoms with Crippen LogP contribution in [0.25, 0.3) is 0 Å². The number of rotatable bonds is 6. The number of halogens is 1. The predicted octanol–water partition coefficient (Wildman–Crippen LogP) is 5.33. The molecule has 2 N–H and O–H groups in total. The molecule has 0 bridgehead atoms. The Labute approximate surface area is 179 Å². The number of aromatic carboxylic acids is 1. The van der Waals surface area contributed by atoms with Crippen molar-refractivity contribution in [3.8, 4) is 11.6 Å². The number of nitrogens with one attached hydrogen (secondary N) is 1. The highest BCUT2D eigenvalue weighted by Gasteiger charge is 2.19. The lowest BCUT2D eigenvalue weighted by atomic mass is 10.1. The number of carboxylic acids is 1. The third-order valence-electron chi connectivity index (χ3n) is 4.48. The van der Waals surface area contributed by atoms with E-state index in [1.165, 1.54) is 24.4 Å². The van der Waals surface area contributed by atoms with Crippen LogP contribution < -0.4 is 10.1 Å². The molecule has 0 aliphatic rings. The average molecular weight is 425 g/mol. The normalized spacial score (nSPS) is 11.6. The van der Waals surface area contributed by atoms with Crippen LogP contribution >= 0.6 is 11.6 Å². The quantitative estimate of drug-likeness (QED) is 0.558. The van der Waals surface area contributed by atoms with E-state index in [0.29, 0.717) is 10.8 Å². The molecule has 0 unspecified atom stereocenters. The van der Waals surface area contributed by atoms with Gasteiger partial charge in [0.2, 0.25) is 5.88 Å². The van der Waals surface area contributed by atoms with Crippen LogP contribution in [-0.2, 0) is 0 Å². The average Bonchev–Trinajstić information content (AvgIpc) is 2.68. The molecule has 0 aliphatic carbocycles. The first-order chi connectivity index (χ1) is 14.2. The van der Waals surface area contributed by atoms with Gasteiger partial charge in [-0.05, 0) is 67.8 Å². The Balaban J connectivity index is 1.82. The second kappa shape index (κ2) is 8.97. The number of aromatic nitrogens is 1. The highest BCUT2D eigenvalue weighted by Crippen LogP contribution is 2.27. The number of benzene rings is 2. The molecule has 3 rings (SSSR count). The first kappa shape index (κ1) is 21.3. The van der Waals surface area contributed by atoms with E-state index in [1.54, 1.807) is 19.1 Å². The molecule has 2 aromatic carbocycles. The molecule has 0 spiro atoms. The van der Waals surface area contributed by atoms with Crippen LogP contribution in [0.15, 0.2) is 54.7 Å². The second-order valence-corrected chi connectivity index (χ2v) is 7.49. The Morgan fingerprint density at radius 2 is 1.70 bits per heavy atom. The Morgan fingerprint density at radius 1 is 1.07 bits per heavy atom. The molecule has 0 aliphatic heterocycles. The summed E-state index contributed by atoms with van der Waals surface area (Å²) < 4.78 is 5.88. The summed E-state index contributed by atoms with van der Waals surface area (Å²) in [5, 5.41) is 12.2. The van der Waals surface area contributed by atoms with E-state index in [0.717, 1.165) is 16.7 Å². The van der Waals surface area contributed by atoms with Gasteiger partial charge in [0.1, 0.15) is 11.3 Å². The van der Waals surface area contributed by atoms with E-state index in [1.807, 2.05) is 32.0 Å². The highest BCUT2D eigenvalue weighted by molar-refractivity contribution is 6.30. The molecule has 0 radical (unpaired) electrons. The molecule has 154 valence electrons. The van der Waals surface area contributed by atoms with Crippen molar-refractivity contribution in [1.82, 2.24) is 10.3 Å². The number of ether oxygens (including phenoxy) is 1. The first-order valence-corrected chi connectivity index (χ1v) is 9.66. The molecular formula is C23H21ClN2O4. The van der Waals surface area contributed by atoms with Gasteiger partial charge in [-0.1, -0.05) is 29.8 Å². The van der Waals surface area contributed by atoms with Gasteiger partial charge in [-0.25, -0.2) is 9.78 Å². The fraction of sp³-hybridized carbons (Fsp3) is 0.174. The van der Waals surface area contributed by atoms with Gasteiger partial charge in [-0.3, -0.25) is 4.79 Å². The molecule has 1 atom stereocenters. The Hall–Kier alpha value is -3.38. The minimum atomic E-state index is -1.00. The van der Waals surface area contributed by atoms with Gasteiger partial charge >= 0.3 is 5.97 Å². The number of aryl methyl sites for hydroxylation is 2. The van der Waals surface area contributed by atoms with Gasteiger partial charge in [-0.15, -0.1) is 0 Å². The van der Waals surface area contributed by atoms with E-state index in [-0.39, 0.29) is 23.0 Å². The number of amides is 1. The maximum Gasteiger partial charge on any atom is 0.335 e. The van der Waals surface area contributed by atoms with Crippen LogP contribution in [0.2, 0.25) is 5.02 Å². The monoisotopic (exact) mass is 424 g/mol. The Kier molecular flexibility index (Phi) is 6.37. The van der Waals surface area contributed by atoms with Crippen molar-refractivity contribution in [3.05, 3.63) is 87.6 Å². The summed E-state index contributed by atoms with van der Waals surface area (Å²) in [6.07, 6.45) is 1.42. The SMILES string of the molecule is Cc1cc(C)cc(Oc2ncc(Cl)cc2C(=O)N[C@@H](C)c2ccc(C(=O)O)cc2)c1. The fourth-order valence-electron chi connectivity index (χ4n) is 3.05. The zero-order valence-corrected chi connectivity index (χ0v) is 17.5. The van der Waals surface area contributed by atoms with Gasteiger partial charge in [0.15, 0.2) is 0 Å². The summed E-state index contributed by atoms with van der Waals surface area (Å²) in [5.74, 6) is -0.681. The lowest BCUT2D eigenvalue weighted by molar-refractivity contribution is 0.0696. The van der Waals surface area contributed by atoms with E-state index in [2.05, 4.69) is 10.3 Å². The van der Waals surface area contributed by atoms with Gasteiger partial charge in [-0.2, -0.15) is 0 Å². The summed E-state index contributed by atoms with van der Waals surface area (Å²) in [4.78, 5) is 28.1. The molecule has 7 heteroatoms. The lowest BCUT2D eigenvalue weighted by Gasteiger charge is -2.16. The molecular weight excluding hydrogens is 404 g/mol. The lowest BCUT2D eigenvalue weighted by Crippen LogP contribution is -2.27. The molecule has 0 fully saturated rings. The summed E-state index contributed by atoms with van der Waals surface area (Å²) in [6.45, 7) is 5.72. The summed E-state index contributed by atoms with van der Waals surface area (Å²) in [5.41, 5.74) is 3.21. The Bertz CT molecular complexity index is 1080. The van der Waals surface area contributed by atoms with Crippen molar-refractivity contribution in [3.63, 3.8) is 0 Å². The number of hydrogen-bond acceptors (Lipinski definition) is 4. The minimum absolute atomic E-state index is 0.148. The van der Waals surface area contributed by atoms with Crippen LogP contribution in [0.1, 0.15) is 50.4 Å². The largest absolute Gasteiger partial charge is 0.478 e. The summed E-state index contributed by atoms with van der Waals surface area (Å²) in [7, 11) is 0. The Morgan fingerprint density at radius 3 is 2.30 bits per heavy atom. The van der Waals surface area contributed by atoms with Crippen LogP contribution in [-0.4, -0.2) is 22.0 Å². The number of carbonyl (C=O) groups excluding carboxylic acids is 1. The maximum atomic E-state index is 12.9. The van der Waals surface area contributed by atoms with Crippen molar-refractivity contribution >= 4 is 23.5 Å². The number of pyridine rings is 1. The third-order valence-corrected chi connectivity index (χ3v) is 4.68. The molecule has 0 saturated carbocycles. The van der Waals surface area contributed by atoms with Gasteiger partial charge in [0.25, 0.3) is 5.91 Å². The van der Waals surface area contributed by atoms with Gasteiger partial charge in [0, 0.05) is 6.20 Å². The second-order valence-electron chi connectivity index (χ2n) is 7.05. The van der Waals surface area contributed by atoms with Crippen molar-refractivity contribution in [2.75, 3.05) is 0 Å². The zero-order valence-electron chi connectivity index (χ0n) is 16.8. The van der Waals surface area contributed by atoms with Crippen LogP contribution in [0.5, 0.6) is 11.6 Å². The summed E-state index contributed by atoms with van der Waals surface area (Å²) in [6, 6.07) is 13.2. The number of carbonyl (C=O) groups is 2. The van der Waals surface area contributed by atoms with Crippen LogP contribution in [0.3, 0.4) is 0 Å². The predicted molar refractivity (Wildman–Crippen MR) is 115 cm³/mol. The van der Waals surface area contributed by atoms with Crippen molar-refractivity contribution in [2.45, 2.75) is 26.8 Å². The molecule has 3 aromatic rings. The highest BCUT2D eigenvalue weighted by atomic mass is 35.5. The number of carboxylic acid groups (broad SMARTS) is 1. The smallest absolute Gasteiger partial charge is 0.335 e. The van der Waals surface area contributed by atoms with E-state index >= 15 is 0 Å². The maximum absolute atomic E-state index is 12.9. The van der Waals surface area contributed by atoms with Crippen molar-refractivity contribution < 1.29 is 19.4 Å². The van der Waals surface area contributed by atoms with Crippen LogP contribution in [0.4, 0.5) is 0 Å². The molecule has 1 heterocycles. The van der Waals surface area contributed by atoms with E-state index in [4.69, 9.17) is 21.4 Å². The molecule has 1 amide bonds. The number of nitrogens with zero attached hydrogens (tertiary/aromatic N) is 1. The van der Waals surface area contributed by atoms with E-state index < -0.39 is 11.9 Å². The van der Waals surface area contributed by atoms with Crippen molar-refractivity contribution in [1.29, 1.82) is 0 Å². The van der Waals surface area contributed by atoms with Crippen molar-refractivity contribution in [2.24, 2.45) is 0 Å². The zero-order chi connectivity index (χ0) is 21.8. The standard InChI is InChI=1S/C23H21ClN2O4/c1-13-8-14(2)10-19(9-13)30-22-20(11-18(24)12-25-22)21(27)26-15(3)16-4-6-17(7-5-16)23(28)29/h4-12,15H,1-3H3,(H,26,27)(H,28,29)/t15-/m0/s1.